The average molecular weight is 1110 g/mol. The molecule has 0 aliphatic heterocycles. The number of esters is 1. The summed E-state index contributed by atoms with van der Waals surface area (Å²) >= 11 is 0. The van der Waals surface area contributed by atoms with E-state index in [1.807, 2.05) is 0 Å². The molecule has 0 rings (SSSR count). The largest absolute Gasteiger partial charge is 0.466 e. The van der Waals surface area contributed by atoms with Crippen LogP contribution in [0.3, 0.4) is 0 Å². The fourth-order valence-corrected chi connectivity index (χ4v) is 11.8. The number of allylic oxidation sites excluding steroid dienone is 2. The van der Waals surface area contributed by atoms with Crippen molar-refractivity contribution >= 4 is 11.9 Å². The molecule has 470 valence electrons. The van der Waals surface area contributed by atoms with Crippen molar-refractivity contribution in [2.75, 3.05) is 13.2 Å². The van der Waals surface area contributed by atoms with E-state index < -0.39 is 12.1 Å². The van der Waals surface area contributed by atoms with Gasteiger partial charge < -0.3 is 20.3 Å². The first kappa shape index (κ1) is 77.6. The molecule has 6 heteroatoms. The zero-order chi connectivity index (χ0) is 57.1. The molecule has 0 aliphatic rings. The lowest BCUT2D eigenvalue weighted by atomic mass is 10.0. The van der Waals surface area contributed by atoms with Gasteiger partial charge in [0.15, 0.2) is 0 Å². The Morgan fingerprint density at radius 1 is 0.342 bits per heavy atom. The molecule has 3 N–H and O–H groups in total. The number of ether oxygens (including phenoxy) is 1. The van der Waals surface area contributed by atoms with E-state index >= 15 is 0 Å². The summed E-state index contributed by atoms with van der Waals surface area (Å²) in [5.74, 6) is -0.0129. The van der Waals surface area contributed by atoms with Crippen LogP contribution in [-0.2, 0) is 14.3 Å². The maximum Gasteiger partial charge on any atom is 0.305 e. The predicted octanol–water partition coefficient (Wildman–Crippen LogP) is 23.5. The highest BCUT2D eigenvalue weighted by molar-refractivity contribution is 5.76. The normalized spacial score (nSPS) is 12.5. The van der Waals surface area contributed by atoms with Crippen LogP contribution in [0.4, 0.5) is 0 Å². The monoisotopic (exact) mass is 1110 g/mol. The minimum Gasteiger partial charge on any atom is -0.466 e. The van der Waals surface area contributed by atoms with Crippen molar-refractivity contribution in [2.45, 2.75) is 431 Å². The molecule has 6 nitrogen and oxygen atoms in total. The van der Waals surface area contributed by atoms with E-state index in [-0.39, 0.29) is 18.5 Å². The average Bonchev–Trinajstić information content (AvgIpc) is 3.45. The second-order valence-electron chi connectivity index (χ2n) is 25.3. The van der Waals surface area contributed by atoms with Crippen molar-refractivity contribution in [3.8, 4) is 0 Å². The molecule has 0 aliphatic carbocycles. The summed E-state index contributed by atoms with van der Waals surface area (Å²) in [6.45, 7) is 4.99. The molecule has 0 saturated heterocycles. The first-order valence-corrected chi connectivity index (χ1v) is 36.4. The second-order valence-corrected chi connectivity index (χ2v) is 25.3. The summed E-state index contributed by atoms with van der Waals surface area (Å²) in [4.78, 5) is 24.6. The molecule has 0 spiro atoms. The van der Waals surface area contributed by atoms with Gasteiger partial charge in [0.1, 0.15) is 0 Å². The van der Waals surface area contributed by atoms with Crippen LogP contribution in [0.25, 0.3) is 0 Å². The quantitative estimate of drug-likeness (QED) is 0.0320. The van der Waals surface area contributed by atoms with Crippen LogP contribution in [0.1, 0.15) is 418 Å². The van der Waals surface area contributed by atoms with E-state index in [1.54, 1.807) is 0 Å². The summed E-state index contributed by atoms with van der Waals surface area (Å²) in [6.07, 6.45) is 85.5. The maximum atomic E-state index is 12.5. The third-order valence-electron chi connectivity index (χ3n) is 17.3. The van der Waals surface area contributed by atoms with Gasteiger partial charge in [-0.15, -0.1) is 0 Å². The Balaban J connectivity index is 3.34. The van der Waals surface area contributed by atoms with E-state index in [4.69, 9.17) is 4.74 Å². The lowest BCUT2D eigenvalue weighted by molar-refractivity contribution is -0.143. The molecule has 0 radical (unpaired) electrons. The SMILES string of the molecule is CCCCCCCC/C=C\CCCCCCCCCC(=O)OCCCCCCCCCCCCCCCCCCCCCCCCCCCCC(=O)NC(CO)C(O)CCCCCCCCCCCCCCCCCCCCC. The zero-order valence-corrected chi connectivity index (χ0v) is 53.9. The molecule has 0 heterocycles. The van der Waals surface area contributed by atoms with Crippen molar-refractivity contribution in [1.82, 2.24) is 5.32 Å². The number of unbranched alkanes of at least 4 members (excludes halogenated alkanes) is 56. The first-order chi connectivity index (χ1) is 39.0. The van der Waals surface area contributed by atoms with Gasteiger partial charge in [-0.25, -0.2) is 0 Å². The van der Waals surface area contributed by atoms with Crippen molar-refractivity contribution in [3.63, 3.8) is 0 Å². The first-order valence-electron chi connectivity index (χ1n) is 36.4. The smallest absolute Gasteiger partial charge is 0.305 e. The lowest BCUT2D eigenvalue weighted by Crippen LogP contribution is -2.45. The van der Waals surface area contributed by atoms with Gasteiger partial charge >= 0.3 is 5.97 Å². The Labute approximate surface area is 495 Å². The van der Waals surface area contributed by atoms with Gasteiger partial charge in [0, 0.05) is 12.8 Å². The van der Waals surface area contributed by atoms with Gasteiger partial charge in [-0.3, -0.25) is 9.59 Å². The third-order valence-corrected chi connectivity index (χ3v) is 17.3. The number of aliphatic hydroxyl groups is 2. The van der Waals surface area contributed by atoms with Crippen LogP contribution in [0.15, 0.2) is 12.2 Å². The van der Waals surface area contributed by atoms with Crippen LogP contribution in [-0.4, -0.2) is 47.4 Å². The van der Waals surface area contributed by atoms with Crippen LogP contribution in [0.2, 0.25) is 0 Å². The van der Waals surface area contributed by atoms with Gasteiger partial charge in [0.25, 0.3) is 0 Å². The number of carbonyl (C=O) groups is 2. The standard InChI is InChI=1S/C73H143NO5/c1-3-5-7-9-11-13-15-17-19-21-30-34-37-41-45-49-53-57-61-65-71(76)70(69-75)74-72(77)66-62-58-54-50-46-42-38-35-31-28-26-24-22-23-25-27-29-32-36-40-44-48-52-56-60-64-68-79-73(78)67-63-59-55-51-47-43-39-33-20-18-16-14-12-10-8-6-4-2/h18,20,70-71,75-76H,3-17,19,21-69H2,1-2H3,(H,74,77)/b20-18-. The second kappa shape index (κ2) is 69.1. The molecule has 0 saturated carbocycles. The van der Waals surface area contributed by atoms with Gasteiger partial charge in [0.05, 0.1) is 25.4 Å². The number of aliphatic hydroxyl groups excluding tert-OH is 2. The van der Waals surface area contributed by atoms with Crippen LogP contribution in [0.5, 0.6) is 0 Å². The van der Waals surface area contributed by atoms with Gasteiger partial charge in [-0.05, 0) is 51.4 Å². The molecular formula is C73H143NO5. The molecule has 1 amide bonds. The van der Waals surface area contributed by atoms with E-state index in [0.29, 0.717) is 25.9 Å². The summed E-state index contributed by atoms with van der Waals surface area (Å²) in [5.41, 5.74) is 0. The van der Waals surface area contributed by atoms with Crippen LogP contribution < -0.4 is 5.32 Å². The molecule has 0 fully saturated rings. The van der Waals surface area contributed by atoms with Crippen molar-refractivity contribution < 1.29 is 24.5 Å². The Kier molecular flexibility index (Phi) is 67.9. The van der Waals surface area contributed by atoms with Crippen LogP contribution >= 0.6 is 0 Å². The van der Waals surface area contributed by atoms with E-state index in [2.05, 4.69) is 31.3 Å². The molecule has 79 heavy (non-hydrogen) atoms. The van der Waals surface area contributed by atoms with Gasteiger partial charge in [0.2, 0.25) is 5.91 Å². The topological polar surface area (TPSA) is 95.9 Å². The molecular weight excluding hydrogens is 971 g/mol. The summed E-state index contributed by atoms with van der Waals surface area (Å²) in [5, 5.41) is 23.4. The predicted molar refractivity (Wildman–Crippen MR) is 347 cm³/mol. The minimum absolute atomic E-state index is 0.0152. The maximum absolute atomic E-state index is 12.5. The highest BCUT2D eigenvalue weighted by Gasteiger charge is 2.20. The van der Waals surface area contributed by atoms with E-state index in [1.165, 1.54) is 340 Å². The van der Waals surface area contributed by atoms with Crippen molar-refractivity contribution in [2.24, 2.45) is 0 Å². The summed E-state index contributed by atoms with van der Waals surface area (Å²) in [6, 6.07) is -0.540. The Bertz CT molecular complexity index is 1190. The fourth-order valence-electron chi connectivity index (χ4n) is 11.8. The molecule has 0 aromatic carbocycles. The molecule has 0 aromatic rings. The number of nitrogens with one attached hydrogen (secondary N) is 1. The number of hydrogen-bond acceptors (Lipinski definition) is 5. The molecule has 2 unspecified atom stereocenters. The van der Waals surface area contributed by atoms with E-state index in [0.717, 1.165) is 44.9 Å². The van der Waals surface area contributed by atoms with Crippen molar-refractivity contribution in [3.05, 3.63) is 12.2 Å². The lowest BCUT2D eigenvalue weighted by Gasteiger charge is -2.22. The fraction of sp³-hybridized carbons (Fsp3) is 0.945. The number of rotatable bonds is 69. The summed E-state index contributed by atoms with van der Waals surface area (Å²) in [7, 11) is 0. The molecule has 0 bridgehead atoms. The van der Waals surface area contributed by atoms with Crippen LogP contribution in [0, 0.1) is 0 Å². The van der Waals surface area contributed by atoms with Crippen molar-refractivity contribution in [1.29, 1.82) is 0 Å². The highest BCUT2D eigenvalue weighted by atomic mass is 16.5. The Morgan fingerprint density at radius 2 is 0.595 bits per heavy atom. The number of hydrogen-bond donors (Lipinski definition) is 3. The molecule has 2 atom stereocenters. The zero-order valence-electron chi connectivity index (χ0n) is 53.9. The number of amides is 1. The van der Waals surface area contributed by atoms with E-state index in [9.17, 15) is 19.8 Å². The van der Waals surface area contributed by atoms with Gasteiger partial charge in [-0.2, -0.15) is 0 Å². The third kappa shape index (κ3) is 65.6. The molecule has 0 aromatic heterocycles. The van der Waals surface area contributed by atoms with Gasteiger partial charge in [-0.1, -0.05) is 366 Å². The Hall–Kier alpha value is -1.40. The number of carbonyl (C=O) groups excluding carboxylic acids is 2. The Morgan fingerprint density at radius 3 is 0.899 bits per heavy atom. The highest BCUT2D eigenvalue weighted by Crippen LogP contribution is 2.19. The summed E-state index contributed by atoms with van der Waals surface area (Å²) < 4.78 is 5.50. The minimum atomic E-state index is -0.663.